The normalized spacial score (nSPS) is 19.7. The fourth-order valence-corrected chi connectivity index (χ4v) is 1.94. The zero-order valence-corrected chi connectivity index (χ0v) is 8.69. The van der Waals surface area contributed by atoms with Crippen molar-refractivity contribution in [2.75, 3.05) is 7.11 Å². The molecule has 0 saturated heterocycles. The molecule has 1 aliphatic rings. The molecule has 0 aliphatic heterocycles. The number of aromatic nitrogens is 1. The third kappa shape index (κ3) is 1.43. The maximum Gasteiger partial charge on any atom is 0.335 e. The summed E-state index contributed by atoms with van der Waals surface area (Å²) in [4.78, 5) is 11.3. The van der Waals surface area contributed by atoms with Gasteiger partial charge in [-0.25, -0.2) is 4.79 Å². The lowest BCUT2D eigenvalue weighted by atomic mass is 9.91. The first kappa shape index (κ1) is 10.2. The molecule has 1 aromatic heterocycles. The Balaban J connectivity index is 2.28. The van der Waals surface area contributed by atoms with Crippen LogP contribution < -0.4 is 0 Å². The highest BCUT2D eigenvalue weighted by Gasteiger charge is 2.55. The van der Waals surface area contributed by atoms with Gasteiger partial charge in [0.2, 0.25) is 0 Å². The minimum atomic E-state index is -1.12. The van der Waals surface area contributed by atoms with E-state index in [4.69, 9.17) is 4.52 Å². The van der Waals surface area contributed by atoms with E-state index in [1.54, 1.807) is 13.1 Å². The van der Waals surface area contributed by atoms with Crippen molar-refractivity contribution >= 4 is 5.97 Å². The molecule has 0 aromatic carbocycles. The summed E-state index contributed by atoms with van der Waals surface area (Å²) in [5.41, 5.74) is 0.275. The summed E-state index contributed by atoms with van der Waals surface area (Å²) in [5, 5.41) is 13.5. The third-order valence-corrected chi connectivity index (χ3v) is 3.02. The number of aliphatic hydroxyl groups excluding tert-OH is 1. The molecule has 0 amide bonds. The number of hydrogen-bond acceptors (Lipinski definition) is 5. The van der Waals surface area contributed by atoms with E-state index in [0.29, 0.717) is 5.76 Å². The van der Waals surface area contributed by atoms with Gasteiger partial charge < -0.3 is 14.4 Å². The number of carbonyl (C=O) groups is 1. The molecule has 1 aromatic rings. The van der Waals surface area contributed by atoms with Gasteiger partial charge in [-0.2, -0.15) is 0 Å². The molecule has 0 spiro atoms. The van der Waals surface area contributed by atoms with E-state index in [9.17, 15) is 9.90 Å². The van der Waals surface area contributed by atoms with Crippen molar-refractivity contribution in [1.29, 1.82) is 0 Å². The van der Waals surface area contributed by atoms with Crippen LogP contribution in [0, 0.1) is 6.92 Å². The summed E-state index contributed by atoms with van der Waals surface area (Å²) in [7, 11) is 1.27. The lowest BCUT2D eigenvalue weighted by Crippen LogP contribution is -2.35. The molecular formula is C10H13NO4. The Kier molecular flexibility index (Phi) is 2.26. The average Bonchev–Trinajstić information content (AvgIpc) is 2.94. The van der Waals surface area contributed by atoms with E-state index in [1.165, 1.54) is 7.11 Å². The molecule has 5 heteroatoms. The largest absolute Gasteiger partial charge is 0.467 e. The summed E-state index contributed by atoms with van der Waals surface area (Å²) in [6, 6.07) is 0. The molecule has 15 heavy (non-hydrogen) atoms. The molecule has 82 valence electrons. The highest BCUT2D eigenvalue weighted by Crippen LogP contribution is 2.52. The molecular weight excluding hydrogens is 198 g/mol. The molecule has 1 atom stereocenters. The third-order valence-electron chi connectivity index (χ3n) is 3.02. The molecule has 0 bridgehead atoms. The van der Waals surface area contributed by atoms with Crippen molar-refractivity contribution in [3.05, 3.63) is 17.5 Å². The van der Waals surface area contributed by atoms with E-state index >= 15 is 0 Å². The van der Waals surface area contributed by atoms with Crippen molar-refractivity contribution < 1.29 is 19.2 Å². The van der Waals surface area contributed by atoms with E-state index < -0.39 is 17.5 Å². The average molecular weight is 211 g/mol. The standard InChI is InChI=1S/C10H13NO4/c1-6-7(5-11-15-6)10(3-4-10)8(12)9(13)14-2/h5,8,12H,3-4H2,1-2H3. The molecule has 1 N–H and O–H groups in total. The van der Waals surface area contributed by atoms with Crippen molar-refractivity contribution in [1.82, 2.24) is 5.16 Å². The maximum absolute atomic E-state index is 11.3. The fraction of sp³-hybridized carbons (Fsp3) is 0.600. The van der Waals surface area contributed by atoms with Crippen LogP contribution in [0.3, 0.4) is 0 Å². The van der Waals surface area contributed by atoms with Crippen molar-refractivity contribution in [2.24, 2.45) is 0 Å². The van der Waals surface area contributed by atoms with Gasteiger partial charge in [-0.05, 0) is 19.8 Å². The number of esters is 1. The Morgan fingerprint density at radius 3 is 2.80 bits per heavy atom. The van der Waals surface area contributed by atoms with Crippen LogP contribution in [-0.4, -0.2) is 29.4 Å². The summed E-state index contributed by atoms with van der Waals surface area (Å²) >= 11 is 0. The summed E-state index contributed by atoms with van der Waals surface area (Å²) in [6.07, 6.45) is 1.95. The van der Waals surface area contributed by atoms with Crippen LogP contribution >= 0.6 is 0 Å². The second kappa shape index (κ2) is 3.34. The van der Waals surface area contributed by atoms with E-state index in [2.05, 4.69) is 9.89 Å². The monoisotopic (exact) mass is 211 g/mol. The minimum absolute atomic E-state index is 0.531. The molecule has 1 aliphatic carbocycles. The van der Waals surface area contributed by atoms with Gasteiger partial charge in [-0.15, -0.1) is 0 Å². The first-order chi connectivity index (χ1) is 7.12. The fourth-order valence-electron chi connectivity index (χ4n) is 1.94. The highest BCUT2D eigenvalue weighted by molar-refractivity contribution is 5.77. The van der Waals surface area contributed by atoms with Gasteiger partial charge >= 0.3 is 5.97 Å². The van der Waals surface area contributed by atoms with Crippen LogP contribution in [0.25, 0.3) is 0 Å². The van der Waals surface area contributed by atoms with Crippen molar-refractivity contribution in [3.8, 4) is 0 Å². The Morgan fingerprint density at radius 2 is 2.40 bits per heavy atom. The Labute approximate surface area is 87.0 Å². The van der Waals surface area contributed by atoms with Crippen molar-refractivity contribution in [3.63, 3.8) is 0 Å². The van der Waals surface area contributed by atoms with E-state index in [0.717, 1.165) is 18.4 Å². The van der Waals surface area contributed by atoms with Crippen molar-refractivity contribution in [2.45, 2.75) is 31.3 Å². The predicted molar refractivity (Wildman–Crippen MR) is 50.2 cm³/mol. The van der Waals surface area contributed by atoms with Crippen LogP contribution in [0.2, 0.25) is 0 Å². The van der Waals surface area contributed by atoms with E-state index in [-0.39, 0.29) is 0 Å². The van der Waals surface area contributed by atoms with Crippen LogP contribution in [0.1, 0.15) is 24.2 Å². The number of rotatable bonds is 3. The van der Waals surface area contributed by atoms with Gasteiger partial charge in [-0.3, -0.25) is 0 Å². The topological polar surface area (TPSA) is 72.6 Å². The van der Waals surface area contributed by atoms with Gasteiger partial charge in [0.1, 0.15) is 5.76 Å². The second-order valence-corrected chi connectivity index (χ2v) is 3.88. The SMILES string of the molecule is COC(=O)C(O)C1(c2cnoc2C)CC1. The Hall–Kier alpha value is -1.36. The molecule has 0 radical (unpaired) electrons. The molecule has 1 saturated carbocycles. The van der Waals surface area contributed by atoms with Crippen LogP contribution in [0.15, 0.2) is 10.7 Å². The number of hydrogen-bond donors (Lipinski definition) is 1. The van der Waals surface area contributed by atoms with Gasteiger partial charge in [0.15, 0.2) is 6.10 Å². The number of carbonyl (C=O) groups excluding carboxylic acids is 1. The second-order valence-electron chi connectivity index (χ2n) is 3.88. The predicted octanol–water partition coefficient (Wildman–Crippen LogP) is 0.549. The Morgan fingerprint density at radius 1 is 1.73 bits per heavy atom. The summed E-state index contributed by atoms with van der Waals surface area (Å²) in [6.45, 7) is 1.77. The quantitative estimate of drug-likeness (QED) is 0.739. The van der Waals surface area contributed by atoms with Crippen LogP contribution in [0.5, 0.6) is 0 Å². The summed E-state index contributed by atoms with van der Waals surface area (Å²) in [5.74, 6) is 0.0450. The number of nitrogens with zero attached hydrogens (tertiary/aromatic N) is 1. The van der Waals surface area contributed by atoms with Gasteiger partial charge in [-0.1, -0.05) is 5.16 Å². The molecule has 5 nitrogen and oxygen atoms in total. The molecule has 2 rings (SSSR count). The number of methoxy groups -OCH3 is 1. The summed E-state index contributed by atoms with van der Waals surface area (Å²) < 4.78 is 9.48. The first-order valence-electron chi connectivity index (χ1n) is 4.79. The zero-order chi connectivity index (χ0) is 11.1. The maximum atomic E-state index is 11.3. The Bertz CT molecular complexity index is 381. The van der Waals surface area contributed by atoms with Gasteiger partial charge in [0.25, 0.3) is 0 Å². The smallest absolute Gasteiger partial charge is 0.335 e. The van der Waals surface area contributed by atoms with Crippen LogP contribution in [0.4, 0.5) is 0 Å². The van der Waals surface area contributed by atoms with Gasteiger partial charge in [0.05, 0.1) is 13.3 Å². The lowest BCUT2D eigenvalue weighted by Gasteiger charge is -2.18. The first-order valence-corrected chi connectivity index (χ1v) is 4.79. The minimum Gasteiger partial charge on any atom is -0.467 e. The zero-order valence-electron chi connectivity index (χ0n) is 8.69. The molecule has 1 heterocycles. The number of aryl methyl sites for hydroxylation is 1. The van der Waals surface area contributed by atoms with Crippen LogP contribution in [-0.2, 0) is 14.9 Å². The number of ether oxygens (including phenoxy) is 1. The number of aliphatic hydroxyl groups is 1. The highest BCUT2D eigenvalue weighted by atomic mass is 16.5. The molecule has 1 unspecified atom stereocenters. The van der Waals surface area contributed by atoms with Gasteiger partial charge in [0, 0.05) is 11.0 Å². The lowest BCUT2D eigenvalue weighted by molar-refractivity contribution is -0.152. The van der Waals surface area contributed by atoms with E-state index in [1.807, 2.05) is 0 Å². The molecule has 1 fully saturated rings.